The lowest BCUT2D eigenvalue weighted by molar-refractivity contribution is 1.18. The number of nitrogens with zero attached hydrogens (tertiary/aromatic N) is 2. The smallest absolute Gasteiger partial charge is 0.0640 e. The summed E-state index contributed by atoms with van der Waals surface area (Å²) in [6.07, 6.45) is 0. The maximum Gasteiger partial charge on any atom is 0.0640 e. The quantitative estimate of drug-likeness (QED) is 0.140. The fraction of sp³-hybridized carbons (Fsp3) is 0. The molecule has 0 aliphatic carbocycles. The summed E-state index contributed by atoms with van der Waals surface area (Å²) in [6.45, 7) is 0. The minimum atomic E-state index is 1.11. The number of thiophene rings is 1. The van der Waals surface area contributed by atoms with Crippen LogP contribution in [-0.4, -0.2) is 4.57 Å². The summed E-state index contributed by atoms with van der Waals surface area (Å²) in [5, 5.41) is 5.09. The van der Waals surface area contributed by atoms with Gasteiger partial charge >= 0.3 is 0 Å². The normalized spacial score (nSPS) is 11.5. The Bertz CT molecular complexity index is 4000. The van der Waals surface area contributed by atoms with Crippen LogP contribution in [0.25, 0.3) is 103 Å². The van der Waals surface area contributed by atoms with E-state index < -0.39 is 0 Å². The fourth-order valence-electron chi connectivity index (χ4n) is 10.2. The number of anilines is 3. The number of rotatable bonds is 9. The molecule has 0 saturated carbocycles. The van der Waals surface area contributed by atoms with Gasteiger partial charge in [-0.1, -0.05) is 182 Å². The highest BCUT2D eigenvalue weighted by atomic mass is 32.1. The molecule has 0 bridgehead atoms. The molecule has 0 aliphatic heterocycles. The Morgan fingerprint density at radius 3 is 1.32 bits per heavy atom. The molecule has 2 aromatic heterocycles. The molecule has 0 fully saturated rings. The van der Waals surface area contributed by atoms with E-state index in [-0.39, 0.29) is 0 Å². The minimum absolute atomic E-state index is 1.11. The van der Waals surface area contributed by atoms with Gasteiger partial charge in [-0.3, -0.25) is 0 Å². The molecule has 13 rings (SSSR count). The topological polar surface area (TPSA) is 8.17 Å². The third-order valence-electron chi connectivity index (χ3n) is 13.6. The first kappa shape index (κ1) is 40.5. The van der Waals surface area contributed by atoms with Gasteiger partial charge in [0.2, 0.25) is 0 Å². The van der Waals surface area contributed by atoms with E-state index in [1.165, 1.54) is 109 Å². The first-order valence-electron chi connectivity index (χ1n) is 23.6. The number of aromatic nitrogens is 1. The molecule has 324 valence electrons. The highest BCUT2D eigenvalue weighted by Crippen LogP contribution is 2.45. The van der Waals surface area contributed by atoms with Gasteiger partial charge in [-0.05, 0) is 141 Å². The van der Waals surface area contributed by atoms with Crippen molar-refractivity contribution in [2.75, 3.05) is 4.90 Å². The zero-order valence-electron chi connectivity index (χ0n) is 37.7. The van der Waals surface area contributed by atoms with E-state index in [0.717, 1.165) is 11.4 Å². The minimum Gasteiger partial charge on any atom is -0.309 e. The van der Waals surface area contributed by atoms with Gasteiger partial charge < -0.3 is 9.47 Å². The van der Waals surface area contributed by atoms with Crippen LogP contribution in [-0.2, 0) is 0 Å². The Balaban J connectivity index is 0.817. The van der Waals surface area contributed by atoms with Crippen LogP contribution >= 0.6 is 11.3 Å². The fourth-order valence-corrected chi connectivity index (χ4v) is 11.4. The van der Waals surface area contributed by atoms with Gasteiger partial charge in [-0.2, -0.15) is 0 Å². The van der Waals surface area contributed by atoms with Crippen molar-refractivity contribution in [1.29, 1.82) is 0 Å². The van der Waals surface area contributed by atoms with Gasteiger partial charge in [0, 0.05) is 43.3 Å². The molecule has 0 radical (unpaired) electrons. The molecular formula is C66H44N2S. The molecule has 0 spiro atoms. The summed E-state index contributed by atoms with van der Waals surface area (Å²) >= 11 is 1.86. The lowest BCUT2D eigenvalue weighted by Crippen LogP contribution is -2.10. The van der Waals surface area contributed by atoms with E-state index in [2.05, 4.69) is 276 Å². The number of hydrogen-bond acceptors (Lipinski definition) is 2. The van der Waals surface area contributed by atoms with Crippen LogP contribution in [0.1, 0.15) is 0 Å². The van der Waals surface area contributed by atoms with Gasteiger partial charge in [-0.15, -0.1) is 11.3 Å². The number of hydrogen-bond donors (Lipinski definition) is 0. The van der Waals surface area contributed by atoms with Crippen LogP contribution in [0.2, 0.25) is 0 Å². The average Bonchev–Trinajstić information content (AvgIpc) is 3.98. The van der Waals surface area contributed by atoms with Crippen molar-refractivity contribution in [2.24, 2.45) is 0 Å². The molecule has 2 heterocycles. The summed E-state index contributed by atoms with van der Waals surface area (Å²) in [5.74, 6) is 0. The van der Waals surface area contributed by atoms with Gasteiger partial charge in [0.15, 0.2) is 0 Å². The van der Waals surface area contributed by atoms with Crippen molar-refractivity contribution in [1.82, 2.24) is 4.57 Å². The Hall–Kier alpha value is -8.76. The van der Waals surface area contributed by atoms with Crippen molar-refractivity contribution >= 4 is 70.4 Å². The molecule has 2 nitrogen and oxygen atoms in total. The van der Waals surface area contributed by atoms with E-state index in [1.54, 1.807) is 0 Å². The Morgan fingerprint density at radius 1 is 0.275 bits per heavy atom. The molecular weight excluding hydrogens is 853 g/mol. The molecule has 69 heavy (non-hydrogen) atoms. The van der Waals surface area contributed by atoms with E-state index in [9.17, 15) is 0 Å². The Kier molecular flexibility index (Phi) is 10.1. The van der Waals surface area contributed by atoms with Gasteiger partial charge in [-0.25, -0.2) is 0 Å². The van der Waals surface area contributed by atoms with Gasteiger partial charge in [0.1, 0.15) is 0 Å². The summed E-state index contributed by atoms with van der Waals surface area (Å²) in [7, 11) is 0. The molecule has 13 aromatic rings. The van der Waals surface area contributed by atoms with Crippen molar-refractivity contribution in [3.8, 4) is 61.3 Å². The maximum absolute atomic E-state index is 2.41. The van der Waals surface area contributed by atoms with E-state index in [4.69, 9.17) is 0 Å². The first-order valence-corrected chi connectivity index (χ1v) is 24.4. The number of benzene rings is 11. The Labute approximate surface area is 405 Å². The predicted octanol–water partition coefficient (Wildman–Crippen LogP) is 19.0. The first-order chi connectivity index (χ1) is 34.2. The number of fused-ring (bicyclic) bond motifs is 6. The van der Waals surface area contributed by atoms with E-state index in [1.807, 2.05) is 11.3 Å². The summed E-state index contributed by atoms with van der Waals surface area (Å²) < 4.78 is 4.95. The van der Waals surface area contributed by atoms with E-state index >= 15 is 0 Å². The lowest BCUT2D eigenvalue weighted by Gasteiger charge is -2.26. The molecule has 0 N–H and O–H groups in total. The Morgan fingerprint density at radius 2 is 0.696 bits per heavy atom. The largest absolute Gasteiger partial charge is 0.309 e. The molecule has 0 atom stereocenters. The van der Waals surface area contributed by atoms with Crippen LogP contribution in [0.3, 0.4) is 0 Å². The zero-order chi connectivity index (χ0) is 45.7. The van der Waals surface area contributed by atoms with Crippen LogP contribution in [0.4, 0.5) is 17.1 Å². The SMILES string of the molecule is c1ccc(-c2ccc(N(c3ccc(-c4cccc(-c5cccc(-c6cccc(-c7ccc8c(c7)c7ccccc7n8-c7ccccc7)c6)c5)c4)cc3)c3cccc4c3sc3ccccc34)cc2)cc1. The standard InChI is InChI=1S/C66H44N2S/c1-3-15-45(16-4-1)46-31-36-56(37-32-46)67(64-29-14-27-60-59-26-8-10-30-65(59)69-66(60)64)57-38-33-47(34-39-57)48-17-11-18-49(41-48)50-19-12-20-51(42-50)52-21-13-22-53(43-52)54-35-40-63-61(44-54)58-25-7-9-28-62(58)68(63)55-23-5-2-6-24-55/h1-44H. The van der Waals surface area contributed by atoms with E-state index in [0.29, 0.717) is 0 Å². The molecule has 0 saturated heterocycles. The number of para-hydroxylation sites is 2. The van der Waals surface area contributed by atoms with Gasteiger partial charge in [0.25, 0.3) is 0 Å². The monoisotopic (exact) mass is 896 g/mol. The molecule has 0 amide bonds. The molecule has 3 heteroatoms. The average molecular weight is 897 g/mol. The summed E-state index contributed by atoms with van der Waals surface area (Å²) in [4.78, 5) is 2.41. The second-order valence-electron chi connectivity index (χ2n) is 17.7. The van der Waals surface area contributed by atoms with Crippen molar-refractivity contribution in [3.63, 3.8) is 0 Å². The molecule has 0 unspecified atom stereocenters. The van der Waals surface area contributed by atoms with Crippen LogP contribution in [0.5, 0.6) is 0 Å². The third-order valence-corrected chi connectivity index (χ3v) is 14.8. The molecule has 0 aliphatic rings. The van der Waals surface area contributed by atoms with Crippen LogP contribution in [0, 0.1) is 0 Å². The predicted molar refractivity (Wildman–Crippen MR) is 296 cm³/mol. The third kappa shape index (κ3) is 7.37. The second kappa shape index (κ2) is 17.2. The van der Waals surface area contributed by atoms with Crippen molar-refractivity contribution in [3.05, 3.63) is 267 Å². The zero-order valence-corrected chi connectivity index (χ0v) is 38.5. The summed E-state index contributed by atoms with van der Waals surface area (Å²) in [6, 6.07) is 97.3. The van der Waals surface area contributed by atoms with Crippen molar-refractivity contribution < 1.29 is 0 Å². The van der Waals surface area contributed by atoms with Crippen LogP contribution in [0.15, 0.2) is 267 Å². The molecule has 11 aromatic carbocycles. The second-order valence-corrected chi connectivity index (χ2v) is 18.8. The lowest BCUT2D eigenvalue weighted by atomic mass is 9.94. The maximum atomic E-state index is 2.41. The van der Waals surface area contributed by atoms with Crippen molar-refractivity contribution in [2.45, 2.75) is 0 Å². The van der Waals surface area contributed by atoms with Gasteiger partial charge in [0.05, 0.1) is 21.4 Å². The summed E-state index contributed by atoms with van der Waals surface area (Å²) in [5.41, 5.74) is 18.9. The highest BCUT2D eigenvalue weighted by molar-refractivity contribution is 7.26. The highest BCUT2D eigenvalue weighted by Gasteiger charge is 2.19. The van der Waals surface area contributed by atoms with Crippen LogP contribution < -0.4 is 4.90 Å².